The van der Waals surface area contributed by atoms with Crippen LogP contribution in [0.15, 0.2) is 11.8 Å². The zero-order valence-electron chi connectivity index (χ0n) is 7.88. The van der Waals surface area contributed by atoms with E-state index in [2.05, 4.69) is 0 Å². The van der Waals surface area contributed by atoms with Gasteiger partial charge >= 0.3 is 11.9 Å². The first-order valence-electron chi connectivity index (χ1n) is 4.40. The van der Waals surface area contributed by atoms with Gasteiger partial charge in [0.25, 0.3) is 0 Å². The standard InChI is InChI=1S/C9H10N2O4/c10-5-6-2-1-3-11(6)7(9(14)15)4-8(12)13/h4,6H,1-3H2,(H,12,13)(H,14,15)/b7-4-. The van der Waals surface area contributed by atoms with Gasteiger partial charge < -0.3 is 15.1 Å². The molecule has 0 amide bonds. The molecular weight excluding hydrogens is 200 g/mol. The van der Waals surface area contributed by atoms with E-state index in [0.29, 0.717) is 25.5 Å². The number of aliphatic carboxylic acids is 2. The zero-order chi connectivity index (χ0) is 11.4. The summed E-state index contributed by atoms with van der Waals surface area (Å²) in [5, 5.41) is 26.1. The van der Waals surface area contributed by atoms with Crippen molar-refractivity contribution >= 4 is 11.9 Å². The number of likely N-dealkylation sites (tertiary alicyclic amines) is 1. The van der Waals surface area contributed by atoms with Gasteiger partial charge in [0.05, 0.1) is 12.1 Å². The number of carboxylic acids is 2. The molecule has 0 radical (unpaired) electrons. The molecule has 0 aromatic heterocycles. The molecule has 0 saturated carbocycles. The molecule has 1 aliphatic heterocycles. The van der Waals surface area contributed by atoms with Gasteiger partial charge in [0.1, 0.15) is 11.7 Å². The fourth-order valence-corrected chi connectivity index (χ4v) is 1.57. The van der Waals surface area contributed by atoms with Crippen LogP contribution in [-0.2, 0) is 9.59 Å². The van der Waals surface area contributed by atoms with Crippen molar-refractivity contribution in [3.8, 4) is 6.07 Å². The van der Waals surface area contributed by atoms with Gasteiger partial charge in [-0.2, -0.15) is 5.26 Å². The van der Waals surface area contributed by atoms with Crippen molar-refractivity contribution in [1.82, 2.24) is 4.90 Å². The normalized spacial score (nSPS) is 21.1. The number of nitrogens with zero attached hydrogens (tertiary/aromatic N) is 2. The van der Waals surface area contributed by atoms with E-state index in [9.17, 15) is 9.59 Å². The van der Waals surface area contributed by atoms with Crippen LogP contribution in [0.2, 0.25) is 0 Å². The van der Waals surface area contributed by atoms with Gasteiger partial charge in [0.2, 0.25) is 0 Å². The SMILES string of the molecule is N#CC1CCCN1/C(=C\C(=O)O)C(=O)O. The average Bonchev–Trinajstić information content (AvgIpc) is 2.60. The minimum absolute atomic E-state index is 0.327. The Hall–Kier alpha value is -2.03. The zero-order valence-corrected chi connectivity index (χ0v) is 7.88. The van der Waals surface area contributed by atoms with Crippen molar-refractivity contribution in [3.05, 3.63) is 11.8 Å². The van der Waals surface area contributed by atoms with Gasteiger partial charge in [-0.3, -0.25) is 0 Å². The lowest BCUT2D eigenvalue weighted by Gasteiger charge is -2.21. The van der Waals surface area contributed by atoms with Gasteiger partial charge in [-0.15, -0.1) is 0 Å². The second kappa shape index (κ2) is 4.46. The molecule has 6 heteroatoms. The smallest absolute Gasteiger partial charge is 0.352 e. The predicted octanol–water partition coefficient (Wildman–Crippen LogP) is 0.0275. The summed E-state index contributed by atoms with van der Waals surface area (Å²) in [6, 6.07) is 1.42. The molecular formula is C9H10N2O4. The third-order valence-corrected chi connectivity index (χ3v) is 2.19. The number of rotatable bonds is 3. The van der Waals surface area contributed by atoms with Crippen LogP contribution in [0.25, 0.3) is 0 Å². The third kappa shape index (κ3) is 2.47. The Morgan fingerprint density at radius 2 is 2.13 bits per heavy atom. The van der Waals surface area contributed by atoms with Crippen molar-refractivity contribution < 1.29 is 19.8 Å². The molecule has 0 aromatic carbocycles. The van der Waals surface area contributed by atoms with E-state index < -0.39 is 18.0 Å². The highest BCUT2D eigenvalue weighted by atomic mass is 16.4. The lowest BCUT2D eigenvalue weighted by atomic mass is 10.2. The first-order chi connectivity index (χ1) is 7.06. The van der Waals surface area contributed by atoms with Crippen LogP contribution in [0.5, 0.6) is 0 Å². The van der Waals surface area contributed by atoms with E-state index >= 15 is 0 Å². The predicted molar refractivity (Wildman–Crippen MR) is 48.7 cm³/mol. The topological polar surface area (TPSA) is 102 Å². The molecule has 80 valence electrons. The van der Waals surface area contributed by atoms with Crippen LogP contribution in [-0.4, -0.2) is 39.6 Å². The molecule has 0 aliphatic carbocycles. The van der Waals surface area contributed by atoms with Crippen molar-refractivity contribution in [2.75, 3.05) is 6.54 Å². The van der Waals surface area contributed by atoms with Crippen LogP contribution in [0.1, 0.15) is 12.8 Å². The van der Waals surface area contributed by atoms with Gasteiger partial charge in [0, 0.05) is 6.54 Å². The second-order valence-corrected chi connectivity index (χ2v) is 3.15. The Morgan fingerprint density at radius 1 is 1.47 bits per heavy atom. The molecule has 1 aliphatic rings. The maximum atomic E-state index is 10.8. The fraction of sp³-hybridized carbons (Fsp3) is 0.444. The molecule has 1 unspecified atom stereocenters. The Bertz CT molecular complexity index is 356. The summed E-state index contributed by atoms with van der Waals surface area (Å²) in [6.07, 6.45) is 1.89. The lowest BCUT2D eigenvalue weighted by molar-refractivity contribution is -0.136. The number of carbonyl (C=O) groups is 2. The quantitative estimate of drug-likeness (QED) is 0.637. The van der Waals surface area contributed by atoms with E-state index in [0.717, 1.165) is 0 Å². The minimum Gasteiger partial charge on any atom is -0.478 e. The summed E-state index contributed by atoms with van der Waals surface area (Å²) >= 11 is 0. The second-order valence-electron chi connectivity index (χ2n) is 3.15. The Kier molecular flexibility index (Phi) is 3.29. The average molecular weight is 210 g/mol. The van der Waals surface area contributed by atoms with Crippen molar-refractivity contribution in [2.45, 2.75) is 18.9 Å². The molecule has 1 rings (SSSR count). The summed E-state index contributed by atoms with van der Waals surface area (Å²) in [5.41, 5.74) is -0.327. The molecule has 0 spiro atoms. The Morgan fingerprint density at radius 3 is 2.60 bits per heavy atom. The largest absolute Gasteiger partial charge is 0.478 e. The highest BCUT2D eigenvalue weighted by Crippen LogP contribution is 2.21. The summed E-state index contributed by atoms with van der Waals surface area (Å²) < 4.78 is 0. The van der Waals surface area contributed by atoms with Crippen molar-refractivity contribution in [3.63, 3.8) is 0 Å². The van der Waals surface area contributed by atoms with E-state index in [1.807, 2.05) is 6.07 Å². The number of hydrogen-bond acceptors (Lipinski definition) is 4. The molecule has 1 saturated heterocycles. The lowest BCUT2D eigenvalue weighted by Crippen LogP contribution is -2.31. The first kappa shape index (κ1) is 11.0. The Labute approximate surface area is 86.0 Å². The van der Waals surface area contributed by atoms with Crippen LogP contribution in [0.4, 0.5) is 0 Å². The molecule has 15 heavy (non-hydrogen) atoms. The van der Waals surface area contributed by atoms with Gasteiger partial charge in [-0.1, -0.05) is 0 Å². The van der Waals surface area contributed by atoms with Gasteiger partial charge in [-0.05, 0) is 12.8 Å². The number of nitriles is 1. The maximum Gasteiger partial charge on any atom is 0.352 e. The molecule has 1 atom stereocenters. The highest BCUT2D eigenvalue weighted by Gasteiger charge is 2.29. The van der Waals surface area contributed by atoms with E-state index in [4.69, 9.17) is 15.5 Å². The number of hydrogen-bond donors (Lipinski definition) is 2. The highest BCUT2D eigenvalue weighted by molar-refractivity contribution is 5.94. The fourth-order valence-electron chi connectivity index (χ4n) is 1.57. The van der Waals surface area contributed by atoms with Crippen LogP contribution < -0.4 is 0 Å². The summed E-state index contributed by atoms with van der Waals surface area (Å²) in [7, 11) is 0. The molecule has 1 heterocycles. The van der Waals surface area contributed by atoms with Gasteiger partial charge in [-0.25, -0.2) is 9.59 Å². The summed E-state index contributed by atoms with van der Waals surface area (Å²) in [5.74, 6) is -2.64. The van der Waals surface area contributed by atoms with Crippen LogP contribution >= 0.6 is 0 Å². The third-order valence-electron chi connectivity index (χ3n) is 2.19. The Balaban J connectivity index is 2.95. The van der Waals surface area contributed by atoms with E-state index in [-0.39, 0.29) is 5.70 Å². The van der Waals surface area contributed by atoms with E-state index in [1.54, 1.807) is 0 Å². The molecule has 0 bridgehead atoms. The molecule has 2 N–H and O–H groups in total. The molecule has 1 fully saturated rings. The van der Waals surface area contributed by atoms with E-state index in [1.165, 1.54) is 4.90 Å². The van der Waals surface area contributed by atoms with Crippen LogP contribution in [0, 0.1) is 11.3 Å². The van der Waals surface area contributed by atoms with Gasteiger partial charge in [0.15, 0.2) is 0 Å². The molecule has 6 nitrogen and oxygen atoms in total. The minimum atomic E-state index is -1.32. The van der Waals surface area contributed by atoms with Crippen molar-refractivity contribution in [1.29, 1.82) is 5.26 Å². The summed E-state index contributed by atoms with van der Waals surface area (Å²) in [4.78, 5) is 22.5. The number of carboxylic acid groups (broad SMARTS) is 2. The maximum absolute atomic E-state index is 10.8. The van der Waals surface area contributed by atoms with Crippen LogP contribution in [0.3, 0.4) is 0 Å². The first-order valence-corrected chi connectivity index (χ1v) is 4.40. The molecule has 0 aromatic rings. The monoisotopic (exact) mass is 210 g/mol. The summed E-state index contributed by atoms with van der Waals surface area (Å²) in [6.45, 7) is 0.406. The van der Waals surface area contributed by atoms with Crippen molar-refractivity contribution in [2.24, 2.45) is 0 Å².